The van der Waals surface area contributed by atoms with E-state index >= 15 is 0 Å². The Morgan fingerprint density at radius 3 is 2.67 bits per heavy atom. The van der Waals surface area contributed by atoms with Crippen LogP contribution in [0.25, 0.3) is 0 Å². The number of carbonyl (C=O) groups excluding carboxylic acids is 1. The SMILES string of the molecule is C#CCCN(C)CC(=O)NCc1ccc(OC)c(OC)c1. The Labute approximate surface area is 126 Å². The summed E-state index contributed by atoms with van der Waals surface area (Å²) in [6.45, 7) is 1.48. The van der Waals surface area contributed by atoms with Gasteiger partial charge in [-0.2, -0.15) is 0 Å². The normalized spacial score (nSPS) is 10.0. The number of amides is 1. The largest absolute Gasteiger partial charge is 0.493 e. The highest BCUT2D eigenvalue weighted by molar-refractivity contribution is 5.78. The average Bonchev–Trinajstić information content (AvgIpc) is 2.50. The fourth-order valence-electron chi connectivity index (χ4n) is 1.83. The number of methoxy groups -OCH3 is 2. The molecule has 1 amide bonds. The third-order valence-corrected chi connectivity index (χ3v) is 2.99. The summed E-state index contributed by atoms with van der Waals surface area (Å²) < 4.78 is 10.4. The topological polar surface area (TPSA) is 50.8 Å². The Morgan fingerprint density at radius 1 is 1.33 bits per heavy atom. The maximum absolute atomic E-state index is 11.8. The van der Waals surface area contributed by atoms with Crippen LogP contribution in [0.15, 0.2) is 18.2 Å². The summed E-state index contributed by atoms with van der Waals surface area (Å²) in [5, 5.41) is 2.87. The summed E-state index contributed by atoms with van der Waals surface area (Å²) in [6, 6.07) is 5.56. The molecule has 1 aromatic rings. The molecule has 0 aliphatic carbocycles. The second-order valence-electron chi connectivity index (χ2n) is 4.66. The van der Waals surface area contributed by atoms with Crippen molar-refractivity contribution < 1.29 is 14.3 Å². The van der Waals surface area contributed by atoms with Crippen LogP contribution in [0.5, 0.6) is 11.5 Å². The second-order valence-corrected chi connectivity index (χ2v) is 4.66. The lowest BCUT2D eigenvalue weighted by atomic mass is 10.2. The standard InChI is InChI=1S/C16H22N2O3/c1-5-6-9-18(2)12-16(19)17-11-13-7-8-14(20-3)15(10-13)21-4/h1,7-8,10H,6,9,11-12H2,2-4H3,(H,17,19). The number of benzene rings is 1. The highest BCUT2D eigenvalue weighted by Gasteiger charge is 2.08. The van der Waals surface area contributed by atoms with E-state index in [1.807, 2.05) is 30.1 Å². The molecule has 0 atom stereocenters. The Hall–Kier alpha value is -2.19. The molecule has 0 saturated heterocycles. The number of likely N-dealkylation sites (N-methyl/N-ethyl adjacent to an activating group) is 1. The quantitative estimate of drug-likeness (QED) is 0.733. The first-order valence-electron chi connectivity index (χ1n) is 6.70. The van der Waals surface area contributed by atoms with Gasteiger partial charge in [-0.1, -0.05) is 6.07 Å². The predicted molar refractivity (Wildman–Crippen MR) is 82.3 cm³/mol. The Balaban J connectivity index is 2.48. The number of hydrogen-bond acceptors (Lipinski definition) is 4. The second kappa shape index (κ2) is 8.88. The van der Waals surface area contributed by atoms with Crippen molar-refractivity contribution >= 4 is 5.91 Å². The average molecular weight is 290 g/mol. The molecule has 5 heteroatoms. The van der Waals surface area contributed by atoms with E-state index in [0.717, 1.165) is 5.56 Å². The van der Waals surface area contributed by atoms with E-state index in [2.05, 4.69) is 11.2 Å². The molecule has 0 saturated carbocycles. The van der Waals surface area contributed by atoms with Crippen molar-refractivity contribution in [2.45, 2.75) is 13.0 Å². The van der Waals surface area contributed by atoms with Gasteiger partial charge >= 0.3 is 0 Å². The first kappa shape index (κ1) is 16.9. The zero-order valence-electron chi connectivity index (χ0n) is 12.8. The zero-order valence-corrected chi connectivity index (χ0v) is 12.8. The summed E-state index contributed by atoms with van der Waals surface area (Å²) in [5.74, 6) is 3.83. The number of nitrogens with zero attached hydrogens (tertiary/aromatic N) is 1. The Kier molecular flexibility index (Phi) is 7.13. The smallest absolute Gasteiger partial charge is 0.234 e. The van der Waals surface area contributed by atoms with Gasteiger partial charge in [0.1, 0.15) is 0 Å². The molecule has 114 valence electrons. The van der Waals surface area contributed by atoms with Gasteiger partial charge in [0, 0.05) is 19.5 Å². The van der Waals surface area contributed by atoms with Crippen LogP contribution in [-0.4, -0.2) is 45.2 Å². The van der Waals surface area contributed by atoms with E-state index in [1.54, 1.807) is 14.2 Å². The van der Waals surface area contributed by atoms with Gasteiger partial charge in [-0.05, 0) is 24.7 Å². The van der Waals surface area contributed by atoms with Crippen molar-refractivity contribution in [3.8, 4) is 23.8 Å². The van der Waals surface area contributed by atoms with Crippen molar-refractivity contribution in [1.29, 1.82) is 0 Å². The molecule has 5 nitrogen and oxygen atoms in total. The van der Waals surface area contributed by atoms with Gasteiger partial charge in [0.25, 0.3) is 0 Å². The summed E-state index contributed by atoms with van der Waals surface area (Å²) in [4.78, 5) is 13.7. The molecule has 1 rings (SSSR count). The first-order chi connectivity index (χ1) is 10.1. The number of hydrogen-bond donors (Lipinski definition) is 1. The zero-order chi connectivity index (χ0) is 15.7. The minimum atomic E-state index is -0.0377. The lowest BCUT2D eigenvalue weighted by Crippen LogP contribution is -2.35. The highest BCUT2D eigenvalue weighted by atomic mass is 16.5. The molecule has 0 fully saturated rings. The van der Waals surface area contributed by atoms with E-state index in [9.17, 15) is 4.79 Å². The summed E-state index contributed by atoms with van der Waals surface area (Å²) in [7, 11) is 5.04. The minimum Gasteiger partial charge on any atom is -0.493 e. The fraction of sp³-hybridized carbons (Fsp3) is 0.438. The van der Waals surface area contributed by atoms with Gasteiger partial charge in [0.15, 0.2) is 11.5 Å². The Bertz CT molecular complexity index is 509. The molecular weight excluding hydrogens is 268 g/mol. The van der Waals surface area contributed by atoms with Crippen molar-refractivity contribution in [2.75, 3.05) is 34.4 Å². The molecule has 21 heavy (non-hydrogen) atoms. The third kappa shape index (κ3) is 5.76. The number of terminal acetylenes is 1. The van der Waals surface area contributed by atoms with E-state index in [-0.39, 0.29) is 5.91 Å². The summed E-state index contributed by atoms with van der Waals surface area (Å²) >= 11 is 0. The van der Waals surface area contributed by atoms with Crippen molar-refractivity contribution in [3.63, 3.8) is 0 Å². The number of nitrogens with one attached hydrogen (secondary N) is 1. The monoisotopic (exact) mass is 290 g/mol. The number of ether oxygens (including phenoxy) is 2. The van der Waals surface area contributed by atoms with Crippen LogP contribution in [0.1, 0.15) is 12.0 Å². The molecule has 0 bridgehead atoms. The maximum Gasteiger partial charge on any atom is 0.234 e. The van der Waals surface area contributed by atoms with Crippen LogP contribution in [0.2, 0.25) is 0 Å². The molecule has 0 radical (unpaired) electrons. The van der Waals surface area contributed by atoms with E-state index < -0.39 is 0 Å². The minimum absolute atomic E-state index is 0.0377. The first-order valence-corrected chi connectivity index (χ1v) is 6.70. The molecule has 1 aromatic carbocycles. The van der Waals surface area contributed by atoms with Gasteiger partial charge in [-0.15, -0.1) is 12.3 Å². The molecular formula is C16H22N2O3. The van der Waals surface area contributed by atoms with Gasteiger partial charge in [0.05, 0.1) is 20.8 Å². The Morgan fingerprint density at radius 2 is 2.05 bits per heavy atom. The molecule has 0 unspecified atom stereocenters. The molecule has 1 N–H and O–H groups in total. The number of rotatable bonds is 8. The van der Waals surface area contributed by atoms with E-state index in [4.69, 9.17) is 15.9 Å². The molecule has 0 spiro atoms. The summed E-state index contributed by atoms with van der Waals surface area (Å²) in [5.41, 5.74) is 0.951. The van der Waals surface area contributed by atoms with E-state index in [1.165, 1.54) is 0 Å². The van der Waals surface area contributed by atoms with Crippen LogP contribution >= 0.6 is 0 Å². The maximum atomic E-state index is 11.8. The van der Waals surface area contributed by atoms with E-state index in [0.29, 0.717) is 37.6 Å². The van der Waals surface area contributed by atoms with Crippen molar-refractivity contribution in [2.24, 2.45) is 0 Å². The van der Waals surface area contributed by atoms with Crippen molar-refractivity contribution in [1.82, 2.24) is 10.2 Å². The van der Waals surface area contributed by atoms with Gasteiger partial charge < -0.3 is 14.8 Å². The third-order valence-electron chi connectivity index (χ3n) is 2.99. The predicted octanol–water partition coefficient (Wildman–Crippen LogP) is 1.28. The fourth-order valence-corrected chi connectivity index (χ4v) is 1.83. The van der Waals surface area contributed by atoms with Crippen LogP contribution in [0, 0.1) is 12.3 Å². The number of carbonyl (C=O) groups is 1. The van der Waals surface area contributed by atoms with Gasteiger partial charge in [-0.3, -0.25) is 9.69 Å². The van der Waals surface area contributed by atoms with Gasteiger partial charge in [-0.25, -0.2) is 0 Å². The van der Waals surface area contributed by atoms with Crippen molar-refractivity contribution in [3.05, 3.63) is 23.8 Å². The lowest BCUT2D eigenvalue weighted by Gasteiger charge is -2.15. The van der Waals surface area contributed by atoms with Crippen LogP contribution in [0.3, 0.4) is 0 Å². The molecule has 0 aliphatic rings. The van der Waals surface area contributed by atoms with Crippen LogP contribution < -0.4 is 14.8 Å². The molecule has 0 aromatic heterocycles. The van der Waals surface area contributed by atoms with Crippen LogP contribution in [-0.2, 0) is 11.3 Å². The lowest BCUT2D eigenvalue weighted by molar-refractivity contribution is -0.122. The van der Waals surface area contributed by atoms with Crippen LogP contribution in [0.4, 0.5) is 0 Å². The van der Waals surface area contributed by atoms with Gasteiger partial charge in [0.2, 0.25) is 5.91 Å². The molecule has 0 heterocycles. The highest BCUT2D eigenvalue weighted by Crippen LogP contribution is 2.27. The summed E-state index contributed by atoms with van der Waals surface area (Å²) in [6.07, 6.45) is 5.83. The molecule has 0 aliphatic heterocycles.